The van der Waals surface area contributed by atoms with Crippen molar-refractivity contribution in [2.24, 2.45) is 5.10 Å². The van der Waals surface area contributed by atoms with Gasteiger partial charge < -0.3 is 4.42 Å². The summed E-state index contributed by atoms with van der Waals surface area (Å²) in [5, 5.41) is 14.8. The van der Waals surface area contributed by atoms with Gasteiger partial charge in [0, 0.05) is 22.7 Å². The SMILES string of the molecule is Cc1cc(C(=O)NN=Cc2cc([N+](=O)[O-])ccc2Cl)c(C)o1. The number of nitrogens with one attached hydrogen (secondary N) is 1. The van der Waals surface area contributed by atoms with E-state index in [1.165, 1.54) is 24.4 Å². The first-order valence-corrected chi connectivity index (χ1v) is 6.60. The van der Waals surface area contributed by atoms with Crippen LogP contribution in [0.5, 0.6) is 0 Å². The predicted octanol–water partition coefficient (Wildman–Crippen LogP) is 3.22. The number of aryl methyl sites for hydroxylation is 2. The molecule has 0 fully saturated rings. The van der Waals surface area contributed by atoms with Crippen LogP contribution in [0.15, 0.2) is 33.8 Å². The zero-order chi connectivity index (χ0) is 16.3. The maximum atomic E-state index is 11.9. The van der Waals surface area contributed by atoms with Gasteiger partial charge in [0.05, 0.1) is 16.7 Å². The number of nitrogens with zero attached hydrogens (tertiary/aromatic N) is 2. The second-order valence-corrected chi connectivity index (χ2v) is 4.90. The highest BCUT2D eigenvalue weighted by Gasteiger charge is 2.13. The summed E-state index contributed by atoms with van der Waals surface area (Å²) in [6.07, 6.45) is 1.25. The molecule has 8 heteroatoms. The summed E-state index contributed by atoms with van der Waals surface area (Å²) in [6, 6.07) is 5.55. The summed E-state index contributed by atoms with van der Waals surface area (Å²) in [5.41, 5.74) is 2.91. The van der Waals surface area contributed by atoms with Crippen molar-refractivity contribution in [3.63, 3.8) is 0 Å². The lowest BCUT2D eigenvalue weighted by molar-refractivity contribution is -0.384. The molecule has 0 bridgehead atoms. The Bertz CT molecular complexity index is 767. The topological polar surface area (TPSA) is 97.7 Å². The molecule has 1 heterocycles. The Hall–Kier alpha value is -2.67. The standard InChI is InChI=1S/C14H12ClN3O4/c1-8-5-12(9(2)22-8)14(19)17-16-7-10-6-11(18(20)21)3-4-13(10)15/h3-7H,1-2H3,(H,17,19). The number of amides is 1. The van der Waals surface area contributed by atoms with Gasteiger partial charge in [0.15, 0.2) is 0 Å². The Morgan fingerprint density at radius 1 is 1.41 bits per heavy atom. The van der Waals surface area contributed by atoms with Crippen LogP contribution in [0.25, 0.3) is 0 Å². The summed E-state index contributed by atoms with van der Waals surface area (Å²) >= 11 is 5.92. The predicted molar refractivity (Wildman–Crippen MR) is 81.3 cm³/mol. The van der Waals surface area contributed by atoms with Crippen LogP contribution < -0.4 is 5.43 Å². The van der Waals surface area contributed by atoms with Gasteiger partial charge in [-0.2, -0.15) is 5.10 Å². The molecule has 1 aromatic heterocycles. The minimum atomic E-state index is -0.538. The van der Waals surface area contributed by atoms with E-state index >= 15 is 0 Å². The molecule has 7 nitrogen and oxygen atoms in total. The van der Waals surface area contributed by atoms with Crippen LogP contribution in [-0.4, -0.2) is 17.0 Å². The molecule has 0 aliphatic rings. The molecule has 0 saturated carbocycles. The monoisotopic (exact) mass is 321 g/mol. The molecule has 0 aliphatic heterocycles. The third kappa shape index (κ3) is 3.50. The van der Waals surface area contributed by atoms with Gasteiger partial charge in [0.1, 0.15) is 11.5 Å². The van der Waals surface area contributed by atoms with Gasteiger partial charge in [0.25, 0.3) is 11.6 Å². The van der Waals surface area contributed by atoms with Crippen LogP contribution in [0.1, 0.15) is 27.4 Å². The van der Waals surface area contributed by atoms with Gasteiger partial charge in [-0.25, -0.2) is 5.43 Å². The van der Waals surface area contributed by atoms with E-state index in [9.17, 15) is 14.9 Å². The first kappa shape index (κ1) is 15.7. The zero-order valence-corrected chi connectivity index (χ0v) is 12.5. The van der Waals surface area contributed by atoms with E-state index in [1.807, 2.05) is 0 Å². The van der Waals surface area contributed by atoms with Crippen LogP contribution in [0.4, 0.5) is 5.69 Å². The van der Waals surface area contributed by atoms with Crippen LogP contribution in [0.3, 0.4) is 0 Å². The Morgan fingerprint density at radius 3 is 2.73 bits per heavy atom. The summed E-state index contributed by atoms with van der Waals surface area (Å²) in [7, 11) is 0. The van der Waals surface area contributed by atoms with Crippen LogP contribution >= 0.6 is 11.6 Å². The fraction of sp³-hybridized carbons (Fsp3) is 0.143. The van der Waals surface area contributed by atoms with Crippen molar-refractivity contribution < 1.29 is 14.1 Å². The maximum absolute atomic E-state index is 11.9. The van der Waals surface area contributed by atoms with Gasteiger partial charge >= 0.3 is 0 Å². The smallest absolute Gasteiger partial charge is 0.274 e. The second-order valence-electron chi connectivity index (χ2n) is 4.49. The highest BCUT2D eigenvalue weighted by atomic mass is 35.5. The van der Waals surface area contributed by atoms with Crippen molar-refractivity contribution in [3.8, 4) is 0 Å². The number of nitro groups is 1. The van der Waals surface area contributed by atoms with E-state index < -0.39 is 10.8 Å². The van der Waals surface area contributed by atoms with E-state index in [4.69, 9.17) is 16.0 Å². The zero-order valence-electron chi connectivity index (χ0n) is 11.8. The molecule has 0 radical (unpaired) electrons. The Kier molecular flexibility index (Phi) is 4.57. The molecule has 0 saturated heterocycles. The number of rotatable bonds is 4. The van der Waals surface area contributed by atoms with Crippen LogP contribution in [0.2, 0.25) is 5.02 Å². The number of non-ortho nitro benzene ring substituents is 1. The first-order valence-electron chi connectivity index (χ1n) is 6.23. The molecule has 0 unspecified atom stereocenters. The molecule has 0 atom stereocenters. The number of carbonyl (C=O) groups excluding carboxylic acids is 1. The number of furan rings is 1. The number of nitro benzene ring substituents is 1. The molecule has 0 spiro atoms. The number of halogens is 1. The summed E-state index contributed by atoms with van der Waals surface area (Å²) < 4.78 is 5.25. The highest BCUT2D eigenvalue weighted by Crippen LogP contribution is 2.20. The van der Waals surface area contributed by atoms with Gasteiger partial charge in [-0.05, 0) is 26.0 Å². The van der Waals surface area contributed by atoms with Gasteiger partial charge in [-0.1, -0.05) is 11.6 Å². The Morgan fingerprint density at radius 2 is 2.14 bits per heavy atom. The lowest BCUT2D eigenvalue weighted by Crippen LogP contribution is -2.17. The summed E-state index contributed by atoms with van der Waals surface area (Å²) in [4.78, 5) is 22.1. The molecule has 22 heavy (non-hydrogen) atoms. The van der Waals surface area contributed by atoms with Gasteiger partial charge in [-0.3, -0.25) is 14.9 Å². The average Bonchev–Trinajstić information content (AvgIpc) is 2.79. The van der Waals surface area contributed by atoms with Crippen molar-refractivity contribution in [2.75, 3.05) is 0 Å². The number of benzene rings is 1. The van der Waals surface area contributed by atoms with Crippen molar-refractivity contribution in [1.29, 1.82) is 0 Å². The van der Waals surface area contributed by atoms with E-state index in [0.717, 1.165) is 0 Å². The first-order chi connectivity index (χ1) is 10.4. The minimum absolute atomic E-state index is 0.113. The normalized spacial score (nSPS) is 10.9. The molecule has 1 amide bonds. The van der Waals surface area contributed by atoms with Crippen molar-refractivity contribution in [1.82, 2.24) is 5.43 Å². The van der Waals surface area contributed by atoms with Crippen LogP contribution in [-0.2, 0) is 0 Å². The molecule has 2 aromatic rings. The fourth-order valence-corrected chi connectivity index (χ4v) is 1.99. The summed E-state index contributed by atoms with van der Waals surface area (Å²) in [5.74, 6) is 0.666. The number of carbonyl (C=O) groups is 1. The Balaban J connectivity index is 2.12. The van der Waals surface area contributed by atoms with Crippen LogP contribution in [0, 0.1) is 24.0 Å². The molecule has 0 aliphatic carbocycles. The maximum Gasteiger partial charge on any atom is 0.274 e. The largest absolute Gasteiger partial charge is 0.466 e. The van der Waals surface area contributed by atoms with Crippen molar-refractivity contribution in [2.45, 2.75) is 13.8 Å². The molecule has 1 aromatic carbocycles. The molecular weight excluding hydrogens is 310 g/mol. The number of hydrogen-bond donors (Lipinski definition) is 1. The van der Waals surface area contributed by atoms with E-state index in [0.29, 0.717) is 27.7 Å². The summed E-state index contributed by atoms with van der Waals surface area (Å²) in [6.45, 7) is 3.40. The van der Waals surface area contributed by atoms with E-state index in [-0.39, 0.29) is 5.69 Å². The van der Waals surface area contributed by atoms with Gasteiger partial charge in [0.2, 0.25) is 0 Å². The number of hydrazone groups is 1. The third-order valence-corrected chi connectivity index (χ3v) is 3.19. The molecular formula is C14H12ClN3O4. The average molecular weight is 322 g/mol. The second kappa shape index (κ2) is 6.40. The third-order valence-electron chi connectivity index (χ3n) is 2.85. The van der Waals surface area contributed by atoms with Crippen molar-refractivity contribution in [3.05, 3.63) is 62.0 Å². The quantitative estimate of drug-likeness (QED) is 0.531. The molecule has 2 rings (SSSR count). The lowest BCUT2D eigenvalue weighted by atomic mass is 10.2. The fourth-order valence-electron chi connectivity index (χ4n) is 1.82. The Labute approximate surface area is 130 Å². The molecule has 114 valence electrons. The van der Waals surface area contributed by atoms with E-state index in [2.05, 4.69) is 10.5 Å². The molecule has 1 N–H and O–H groups in total. The number of hydrogen-bond acceptors (Lipinski definition) is 5. The van der Waals surface area contributed by atoms with Crippen molar-refractivity contribution >= 4 is 29.4 Å². The minimum Gasteiger partial charge on any atom is -0.466 e. The lowest BCUT2D eigenvalue weighted by Gasteiger charge is -1.99. The highest BCUT2D eigenvalue weighted by molar-refractivity contribution is 6.33. The van der Waals surface area contributed by atoms with E-state index in [1.54, 1.807) is 19.9 Å². The van der Waals surface area contributed by atoms with Gasteiger partial charge in [-0.15, -0.1) is 0 Å².